The van der Waals surface area contributed by atoms with Crippen molar-refractivity contribution in [3.63, 3.8) is 0 Å². The summed E-state index contributed by atoms with van der Waals surface area (Å²) >= 11 is 6.04. The Bertz CT molecular complexity index is 677. The molecule has 0 bridgehead atoms. The Morgan fingerprint density at radius 2 is 2.00 bits per heavy atom. The highest BCUT2D eigenvalue weighted by atomic mass is 35.5. The van der Waals surface area contributed by atoms with Gasteiger partial charge < -0.3 is 20.1 Å². The van der Waals surface area contributed by atoms with Crippen molar-refractivity contribution in [1.82, 2.24) is 0 Å². The Labute approximate surface area is 140 Å². The first-order chi connectivity index (χ1) is 11.1. The highest BCUT2D eigenvalue weighted by Gasteiger charge is 2.05. The summed E-state index contributed by atoms with van der Waals surface area (Å²) in [7, 11) is 1.55. The molecule has 0 atom stereocenters. The fourth-order valence-electron chi connectivity index (χ4n) is 1.99. The van der Waals surface area contributed by atoms with E-state index in [9.17, 15) is 4.79 Å². The van der Waals surface area contributed by atoms with E-state index in [-0.39, 0.29) is 12.5 Å². The van der Waals surface area contributed by atoms with E-state index in [2.05, 4.69) is 10.6 Å². The molecule has 0 spiro atoms. The van der Waals surface area contributed by atoms with E-state index in [1.165, 1.54) is 0 Å². The molecule has 0 saturated carbocycles. The highest BCUT2D eigenvalue weighted by Crippen LogP contribution is 2.27. The SMILES string of the molecule is CCOc1cccc(NC(=O)CNc2ccc(OC)c(Cl)c2)c1. The second-order valence-electron chi connectivity index (χ2n) is 4.71. The molecule has 2 aromatic rings. The van der Waals surface area contributed by atoms with Crippen LogP contribution in [0, 0.1) is 0 Å². The van der Waals surface area contributed by atoms with Gasteiger partial charge in [0.05, 0.1) is 25.3 Å². The van der Waals surface area contributed by atoms with E-state index in [0.717, 1.165) is 11.4 Å². The third kappa shape index (κ3) is 5.07. The van der Waals surface area contributed by atoms with Crippen molar-refractivity contribution in [3.05, 3.63) is 47.5 Å². The molecule has 0 aliphatic carbocycles. The van der Waals surface area contributed by atoms with Gasteiger partial charge in [0.25, 0.3) is 0 Å². The predicted octanol–water partition coefficient (Wildman–Crippen LogP) is 3.80. The zero-order valence-corrected chi connectivity index (χ0v) is 13.8. The number of hydrogen-bond donors (Lipinski definition) is 2. The van der Waals surface area contributed by atoms with Crippen molar-refractivity contribution in [1.29, 1.82) is 0 Å². The lowest BCUT2D eigenvalue weighted by molar-refractivity contribution is -0.114. The Kier molecular flexibility index (Phi) is 6.11. The van der Waals surface area contributed by atoms with Crippen LogP contribution in [0.5, 0.6) is 11.5 Å². The molecular formula is C17H19ClN2O3. The fraction of sp³-hybridized carbons (Fsp3) is 0.235. The lowest BCUT2D eigenvalue weighted by Crippen LogP contribution is -2.21. The van der Waals surface area contributed by atoms with Crippen LogP contribution in [0.3, 0.4) is 0 Å². The average Bonchev–Trinajstić information content (AvgIpc) is 2.54. The Morgan fingerprint density at radius 1 is 1.17 bits per heavy atom. The van der Waals surface area contributed by atoms with E-state index in [1.54, 1.807) is 31.4 Å². The first-order valence-corrected chi connectivity index (χ1v) is 7.60. The summed E-state index contributed by atoms with van der Waals surface area (Å²) < 4.78 is 10.5. The van der Waals surface area contributed by atoms with Crippen molar-refractivity contribution < 1.29 is 14.3 Å². The molecule has 6 heteroatoms. The minimum Gasteiger partial charge on any atom is -0.495 e. The first kappa shape index (κ1) is 17.0. The van der Waals surface area contributed by atoms with E-state index < -0.39 is 0 Å². The molecule has 2 N–H and O–H groups in total. The third-order valence-electron chi connectivity index (χ3n) is 3.03. The smallest absolute Gasteiger partial charge is 0.243 e. The summed E-state index contributed by atoms with van der Waals surface area (Å²) in [6.07, 6.45) is 0. The molecule has 0 aliphatic heterocycles. The Balaban J connectivity index is 1.90. The first-order valence-electron chi connectivity index (χ1n) is 7.22. The molecule has 0 aliphatic rings. The summed E-state index contributed by atoms with van der Waals surface area (Å²) in [5, 5.41) is 6.31. The summed E-state index contributed by atoms with van der Waals surface area (Å²) in [5.74, 6) is 1.15. The summed E-state index contributed by atoms with van der Waals surface area (Å²) in [6.45, 7) is 2.62. The van der Waals surface area contributed by atoms with Crippen molar-refractivity contribution in [2.45, 2.75) is 6.92 Å². The maximum Gasteiger partial charge on any atom is 0.243 e. The molecule has 122 valence electrons. The summed E-state index contributed by atoms with van der Waals surface area (Å²) in [6, 6.07) is 12.5. The summed E-state index contributed by atoms with van der Waals surface area (Å²) in [4.78, 5) is 12.0. The number of halogens is 1. The molecule has 23 heavy (non-hydrogen) atoms. The van der Waals surface area contributed by atoms with Crippen LogP contribution < -0.4 is 20.1 Å². The van der Waals surface area contributed by atoms with Crippen LogP contribution in [-0.4, -0.2) is 26.2 Å². The number of hydrogen-bond acceptors (Lipinski definition) is 4. The minimum atomic E-state index is -0.161. The highest BCUT2D eigenvalue weighted by molar-refractivity contribution is 6.32. The van der Waals surface area contributed by atoms with Gasteiger partial charge in [-0.25, -0.2) is 0 Å². The normalized spacial score (nSPS) is 10.0. The largest absolute Gasteiger partial charge is 0.495 e. The van der Waals surface area contributed by atoms with Crippen LogP contribution in [0.1, 0.15) is 6.92 Å². The van der Waals surface area contributed by atoms with Crippen molar-refractivity contribution >= 4 is 28.9 Å². The predicted molar refractivity (Wildman–Crippen MR) is 92.7 cm³/mol. The number of benzene rings is 2. The third-order valence-corrected chi connectivity index (χ3v) is 3.33. The van der Waals surface area contributed by atoms with Gasteiger partial charge in [-0.15, -0.1) is 0 Å². The molecule has 1 amide bonds. The van der Waals surface area contributed by atoms with Crippen LogP contribution >= 0.6 is 11.6 Å². The molecule has 0 aromatic heterocycles. The van der Waals surface area contributed by atoms with Gasteiger partial charge in [0.2, 0.25) is 5.91 Å². The second-order valence-corrected chi connectivity index (χ2v) is 5.12. The quantitative estimate of drug-likeness (QED) is 0.808. The van der Waals surface area contributed by atoms with E-state index >= 15 is 0 Å². The van der Waals surface area contributed by atoms with Crippen LogP contribution in [0.2, 0.25) is 5.02 Å². The minimum absolute atomic E-state index is 0.127. The fourth-order valence-corrected chi connectivity index (χ4v) is 2.25. The Hall–Kier alpha value is -2.40. The molecule has 0 radical (unpaired) electrons. The van der Waals surface area contributed by atoms with Gasteiger partial charge in [0, 0.05) is 17.4 Å². The number of nitrogens with one attached hydrogen (secondary N) is 2. The van der Waals surface area contributed by atoms with E-state index in [0.29, 0.717) is 23.1 Å². The van der Waals surface area contributed by atoms with Gasteiger partial charge in [-0.1, -0.05) is 17.7 Å². The van der Waals surface area contributed by atoms with Gasteiger partial charge >= 0.3 is 0 Å². The number of carbonyl (C=O) groups is 1. The summed E-state index contributed by atoms with van der Waals surface area (Å²) in [5.41, 5.74) is 1.43. The van der Waals surface area contributed by atoms with Crippen molar-refractivity contribution in [2.75, 3.05) is 30.9 Å². The number of methoxy groups -OCH3 is 1. The molecule has 0 saturated heterocycles. The number of rotatable bonds is 7. The monoisotopic (exact) mass is 334 g/mol. The van der Waals surface area contributed by atoms with Gasteiger partial charge in [0.1, 0.15) is 11.5 Å². The van der Waals surface area contributed by atoms with Gasteiger partial charge in [-0.05, 0) is 37.3 Å². The molecule has 2 rings (SSSR count). The maximum absolute atomic E-state index is 12.0. The molecule has 2 aromatic carbocycles. The van der Waals surface area contributed by atoms with Crippen LogP contribution in [0.15, 0.2) is 42.5 Å². The van der Waals surface area contributed by atoms with Crippen LogP contribution in [0.4, 0.5) is 11.4 Å². The zero-order chi connectivity index (χ0) is 16.7. The van der Waals surface area contributed by atoms with Crippen LogP contribution in [-0.2, 0) is 4.79 Å². The van der Waals surface area contributed by atoms with Crippen molar-refractivity contribution in [2.24, 2.45) is 0 Å². The van der Waals surface area contributed by atoms with Gasteiger partial charge in [-0.3, -0.25) is 4.79 Å². The lowest BCUT2D eigenvalue weighted by Gasteiger charge is -2.10. The van der Waals surface area contributed by atoms with Gasteiger partial charge in [0.15, 0.2) is 0 Å². The van der Waals surface area contributed by atoms with Gasteiger partial charge in [-0.2, -0.15) is 0 Å². The lowest BCUT2D eigenvalue weighted by atomic mass is 10.3. The zero-order valence-electron chi connectivity index (χ0n) is 13.1. The number of amides is 1. The maximum atomic E-state index is 12.0. The number of ether oxygens (including phenoxy) is 2. The molecule has 5 nitrogen and oxygen atoms in total. The van der Waals surface area contributed by atoms with E-state index in [4.69, 9.17) is 21.1 Å². The number of anilines is 2. The topological polar surface area (TPSA) is 59.6 Å². The molecule has 0 heterocycles. The molecule has 0 fully saturated rings. The van der Waals surface area contributed by atoms with Crippen LogP contribution in [0.25, 0.3) is 0 Å². The molecule has 0 unspecified atom stereocenters. The van der Waals surface area contributed by atoms with Crippen molar-refractivity contribution in [3.8, 4) is 11.5 Å². The number of carbonyl (C=O) groups excluding carboxylic acids is 1. The standard InChI is InChI=1S/C17H19ClN2O3/c1-3-23-14-6-4-5-13(9-14)20-17(21)11-19-12-7-8-16(22-2)15(18)10-12/h4-10,19H,3,11H2,1-2H3,(H,20,21). The Morgan fingerprint density at radius 3 is 2.70 bits per heavy atom. The second kappa shape index (κ2) is 8.29. The molecular weight excluding hydrogens is 316 g/mol. The average molecular weight is 335 g/mol. The van der Waals surface area contributed by atoms with E-state index in [1.807, 2.05) is 25.1 Å².